The molecule has 0 atom stereocenters. The van der Waals surface area contributed by atoms with Crippen molar-refractivity contribution in [2.75, 3.05) is 11.0 Å². The van der Waals surface area contributed by atoms with Crippen molar-refractivity contribution in [3.05, 3.63) is 23.4 Å². The molecule has 0 spiro atoms. The van der Waals surface area contributed by atoms with Crippen LogP contribution in [-0.4, -0.2) is 25.9 Å². The van der Waals surface area contributed by atoms with Crippen LogP contribution in [0.25, 0.3) is 0 Å². The predicted molar refractivity (Wildman–Crippen MR) is 57.5 cm³/mol. The maximum Gasteiger partial charge on any atom is 0.230 e. The summed E-state index contributed by atoms with van der Waals surface area (Å²) in [4.78, 5) is 14.6. The Morgan fingerprint density at radius 1 is 1.53 bits per heavy atom. The smallest absolute Gasteiger partial charge is 0.230 e. The van der Waals surface area contributed by atoms with E-state index in [1.165, 1.54) is 0 Å². The summed E-state index contributed by atoms with van der Waals surface area (Å²) in [6.07, 6.45) is 3.88. The van der Waals surface area contributed by atoms with Crippen LogP contribution in [0, 0.1) is 0 Å². The fraction of sp³-hybridized carbons (Fsp3) is 0.333. The van der Waals surface area contributed by atoms with Crippen LogP contribution >= 0.6 is 0 Å². The second-order valence-electron chi connectivity index (χ2n) is 3.13. The third-order valence-corrected chi connectivity index (χ3v) is 2.36. The molecule has 5 nitrogen and oxygen atoms in total. The summed E-state index contributed by atoms with van der Waals surface area (Å²) in [5.74, 6) is 0.0738. The zero-order valence-electron chi connectivity index (χ0n) is 8.52. The van der Waals surface area contributed by atoms with E-state index in [1.807, 2.05) is 6.92 Å². The Morgan fingerprint density at radius 2 is 2.20 bits per heavy atom. The number of aromatic nitrogens is 1. The topological polar surface area (TPSA) is 76.1 Å². The summed E-state index contributed by atoms with van der Waals surface area (Å²) >= 11 is 0. The normalized spacial score (nSPS) is 11.1. The number of nitrogens with one attached hydrogen (secondary N) is 1. The average molecular weight is 228 g/mol. The Hall–Kier alpha value is -1.43. The van der Waals surface area contributed by atoms with E-state index >= 15 is 0 Å². The molecule has 0 aromatic carbocycles. The number of hydrogen-bond acceptors (Lipinski definition) is 4. The zero-order chi connectivity index (χ0) is 11.5. The van der Waals surface area contributed by atoms with Crippen molar-refractivity contribution in [3.63, 3.8) is 0 Å². The van der Waals surface area contributed by atoms with Crippen LogP contribution in [0.1, 0.15) is 22.8 Å². The van der Waals surface area contributed by atoms with E-state index in [1.54, 1.807) is 12.3 Å². The van der Waals surface area contributed by atoms with Gasteiger partial charge in [-0.05, 0) is 18.1 Å². The molecular weight excluding hydrogens is 216 g/mol. The number of sulfonamides is 1. The Kier molecular flexibility index (Phi) is 3.41. The second kappa shape index (κ2) is 4.39. The second-order valence-corrected chi connectivity index (χ2v) is 4.88. The lowest BCUT2D eigenvalue weighted by Crippen LogP contribution is -2.12. The van der Waals surface area contributed by atoms with E-state index in [9.17, 15) is 13.2 Å². The van der Waals surface area contributed by atoms with Gasteiger partial charge < -0.3 is 0 Å². The first-order chi connectivity index (χ1) is 6.96. The van der Waals surface area contributed by atoms with Crippen molar-refractivity contribution < 1.29 is 13.2 Å². The monoisotopic (exact) mass is 228 g/mol. The highest BCUT2D eigenvalue weighted by molar-refractivity contribution is 7.92. The third-order valence-electron chi connectivity index (χ3n) is 1.79. The molecule has 0 radical (unpaired) electrons. The molecule has 0 saturated heterocycles. The van der Waals surface area contributed by atoms with Crippen molar-refractivity contribution in [3.8, 4) is 0 Å². The largest absolute Gasteiger partial charge is 0.298 e. The lowest BCUT2D eigenvalue weighted by molar-refractivity contribution is 0.112. The van der Waals surface area contributed by atoms with Gasteiger partial charge in [-0.3, -0.25) is 9.52 Å². The Labute approximate surface area is 88.6 Å². The number of carbonyl (C=O) groups excluding carboxylic acids is 1. The Morgan fingerprint density at radius 3 is 2.67 bits per heavy atom. The van der Waals surface area contributed by atoms with Crippen molar-refractivity contribution in [2.24, 2.45) is 0 Å². The minimum absolute atomic E-state index is 0.0738. The maximum atomic E-state index is 11.0. The summed E-state index contributed by atoms with van der Waals surface area (Å²) in [6.45, 7) is 1.93. The van der Waals surface area contributed by atoms with Gasteiger partial charge in [0.25, 0.3) is 0 Å². The van der Waals surface area contributed by atoms with Gasteiger partial charge in [-0.25, -0.2) is 13.4 Å². The van der Waals surface area contributed by atoms with E-state index in [2.05, 4.69) is 9.71 Å². The van der Waals surface area contributed by atoms with E-state index < -0.39 is 10.0 Å². The lowest BCUT2D eigenvalue weighted by atomic mass is 10.1. The van der Waals surface area contributed by atoms with Gasteiger partial charge in [0.2, 0.25) is 10.0 Å². The molecule has 0 bridgehead atoms. The molecule has 0 aliphatic rings. The fourth-order valence-electron chi connectivity index (χ4n) is 1.07. The van der Waals surface area contributed by atoms with Gasteiger partial charge in [0, 0.05) is 6.20 Å². The molecule has 0 aliphatic heterocycles. The summed E-state index contributed by atoms with van der Waals surface area (Å²) in [5, 5.41) is 0. The molecule has 0 saturated carbocycles. The van der Waals surface area contributed by atoms with Crippen molar-refractivity contribution in [2.45, 2.75) is 13.3 Å². The van der Waals surface area contributed by atoms with Gasteiger partial charge in [-0.1, -0.05) is 6.92 Å². The van der Waals surface area contributed by atoms with Gasteiger partial charge in [0.1, 0.15) is 5.82 Å². The molecule has 82 valence electrons. The minimum atomic E-state index is -3.40. The van der Waals surface area contributed by atoms with Crippen LogP contribution in [0.4, 0.5) is 5.82 Å². The first-order valence-electron chi connectivity index (χ1n) is 4.38. The van der Waals surface area contributed by atoms with E-state index in [4.69, 9.17) is 0 Å². The molecule has 1 heterocycles. The Balaban J connectivity index is 3.14. The lowest BCUT2D eigenvalue weighted by Gasteiger charge is -2.06. The molecule has 1 aromatic heterocycles. The summed E-state index contributed by atoms with van der Waals surface area (Å²) in [7, 11) is -3.40. The third kappa shape index (κ3) is 3.32. The maximum absolute atomic E-state index is 11.0. The van der Waals surface area contributed by atoms with E-state index in [-0.39, 0.29) is 11.4 Å². The minimum Gasteiger partial charge on any atom is -0.298 e. The summed E-state index contributed by atoms with van der Waals surface area (Å²) in [5.41, 5.74) is 1.14. The van der Waals surface area contributed by atoms with Crippen LogP contribution < -0.4 is 4.72 Å². The van der Waals surface area contributed by atoms with Crippen LogP contribution in [0.15, 0.2) is 12.3 Å². The van der Waals surface area contributed by atoms with E-state index in [0.29, 0.717) is 6.29 Å². The molecule has 0 fully saturated rings. The van der Waals surface area contributed by atoms with Gasteiger partial charge in [0.05, 0.1) is 11.8 Å². The average Bonchev–Trinajstić information content (AvgIpc) is 2.16. The highest BCUT2D eigenvalue weighted by Gasteiger charge is 2.08. The number of rotatable bonds is 4. The number of carbonyl (C=O) groups is 1. The molecular formula is C9H12N2O3S. The fourth-order valence-corrected chi connectivity index (χ4v) is 1.59. The number of aldehydes is 1. The van der Waals surface area contributed by atoms with Crippen LogP contribution in [-0.2, 0) is 16.4 Å². The Bertz CT molecular complexity index is 468. The number of hydrogen-bond donors (Lipinski definition) is 1. The standard InChI is InChI=1S/C9H12N2O3S/c1-3-7-4-8(6-12)9(10-5-7)11-15(2,13)14/h4-6H,3H2,1-2H3,(H,10,11). The molecule has 6 heteroatoms. The number of aryl methyl sites for hydroxylation is 1. The van der Waals surface area contributed by atoms with Gasteiger partial charge in [0.15, 0.2) is 6.29 Å². The number of anilines is 1. The van der Waals surface area contributed by atoms with Crippen LogP contribution in [0.3, 0.4) is 0 Å². The molecule has 0 unspecified atom stereocenters. The van der Waals surface area contributed by atoms with Crippen LogP contribution in [0.2, 0.25) is 0 Å². The summed E-state index contributed by atoms with van der Waals surface area (Å²) in [6, 6.07) is 1.62. The SMILES string of the molecule is CCc1cnc(NS(C)(=O)=O)c(C=O)c1. The van der Waals surface area contributed by atoms with Gasteiger partial charge in [-0.2, -0.15) is 0 Å². The van der Waals surface area contributed by atoms with Crippen LogP contribution in [0.5, 0.6) is 0 Å². The molecule has 15 heavy (non-hydrogen) atoms. The highest BCUT2D eigenvalue weighted by Crippen LogP contribution is 2.13. The summed E-state index contributed by atoms with van der Waals surface area (Å²) < 4.78 is 24.1. The van der Waals surface area contributed by atoms with Gasteiger partial charge in [-0.15, -0.1) is 0 Å². The van der Waals surface area contributed by atoms with Crippen molar-refractivity contribution >= 4 is 22.1 Å². The van der Waals surface area contributed by atoms with E-state index in [0.717, 1.165) is 18.2 Å². The molecule has 0 aliphatic carbocycles. The molecule has 0 amide bonds. The molecule has 1 aromatic rings. The first kappa shape index (κ1) is 11.6. The number of pyridine rings is 1. The first-order valence-corrected chi connectivity index (χ1v) is 6.27. The van der Waals surface area contributed by atoms with Gasteiger partial charge >= 0.3 is 0 Å². The quantitative estimate of drug-likeness (QED) is 0.774. The predicted octanol–water partition coefficient (Wildman–Crippen LogP) is 0.828. The van der Waals surface area contributed by atoms with Crippen molar-refractivity contribution in [1.82, 2.24) is 4.98 Å². The molecule has 1 rings (SSSR count). The molecule has 1 N–H and O–H groups in total. The number of nitrogens with zero attached hydrogens (tertiary/aromatic N) is 1. The zero-order valence-corrected chi connectivity index (χ0v) is 9.34. The highest BCUT2D eigenvalue weighted by atomic mass is 32.2. The van der Waals surface area contributed by atoms with Crippen molar-refractivity contribution in [1.29, 1.82) is 0 Å².